The van der Waals surface area contributed by atoms with Crippen LogP contribution in [0.15, 0.2) is 60.7 Å². The number of fused-ring (bicyclic) bond motifs is 22. The van der Waals surface area contributed by atoms with Gasteiger partial charge < -0.3 is 79.9 Å². The molecule has 0 amide bonds. The number of hydrogen-bond acceptors (Lipinski definition) is 26. The van der Waals surface area contributed by atoms with Crippen LogP contribution in [-0.2, 0) is 78.2 Å². The number of aromatic nitrogens is 2. The Bertz CT molecular complexity index is 5310. The van der Waals surface area contributed by atoms with Crippen molar-refractivity contribution in [3.8, 4) is 52.1 Å². The zero-order valence-electron chi connectivity index (χ0n) is 63.5. The molecule has 14 aliphatic heterocycles. The standard InChI is InChI=1S/C41H44N6O6S.C40H45N5O7S.Ag.HNO3/c1-18-10-21-11-26-27(14-43)47-28-15-51-40(49)41(39-24(12-22(13-42)45-41)23-8-6-7-9-25(23)44-39)16-54-38(29-19(2)20(3)36-37(31(28)29)53-17-52-36)33(47)32(46(26)4)30(21)34(48)35(18)50-5;1-17-10-20-11-25-38(47)45-26-14-50-39(48)40(37-23(12-21(13-41)43-40)22-8-6-7-9-24(22)42-37)15-53-36(27-18(2)19(3)34-35(29(26)27)52-16-51-34)31(45)30(44(25)4)28(20)32(46)33(17)49-5;;2-1(3)4/h6-10,22,26-28,32-33,38,44-45,48H,11-13,15-17,42H2,1-5H3;6-10,21,25-26,30-31,36,38,42-43,46-47H,11-16,41H2,1-5H3;;(H,2,3,4)/t22-,26-,27-,28-,32+,33+,38+,41+;21-,25-,26-,30+,31+,36+,38-,40+;;/m00../s1. The number of benzene rings is 6. The minimum absolute atomic E-state index is 0. The number of nitriles is 1. The van der Waals surface area contributed by atoms with Crippen molar-refractivity contribution in [2.24, 2.45) is 11.5 Å². The minimum Gasteiger partial charge on any atom is -0.504 e. The van der Waals surface area contributed by atoms with E-state index in [0.717, 1.165) is 122 Å². The van der Waals surface area contributed by atoms with Crippen LogP contribution in [0.5, 0.6) is 46.0 Å². The number of ether oxygens (including phenoxy) is 8. The number of likely N-dealkylation sites (N-methyl/N-ethyl adjacent to an activating group) is 2. The van der Waals surface area contributed by atoms with Gasteiger partial charge in [-0.3, -0.25) is 30.2 Å². The predicted molar refractivity (Wildman–Crippen MR) is 411 cm³/mol. The summed E-state index contributed by atoms with van der Waals surface area (Å²) in [5.74, 6) is 3.78. The number of H-pyrrole nitrogens is 2. The number of hydrogen-bond donors (Lipinski definition) is 10. The average molecular weight is 1660 g/mol. The molecule has 31 heteroatoms. The zero-order chi connectivity index (χ0) is 77.6. The maximum atomic E-state index is 15.0. The first-order chi connectivity index (χ1) is 53.4. The van der Waals surface area contributed by atoms with Gasteiger partial charge in [0, 0.05) is 132 Å². The average Bonchev–Trinajstić information content (AvgIpc) is 0.936. The number of aromatic hydroxyl groups is 2. The number of nitrogens with zero attached hydrogens (tertiary/aromatic N) is 6. The summed E-state index contributed by atoms with van der Waals surface area (Å²) in [6.45, 7) is 13.1. The summed E-state index contributed by atoms with van der Waals surface area (Å²) in [7, 11) is 7.31. The fraction of sp³-hybridized carbons (Fsp3) is 0.469. The predicted octanol–water partition coefficient (Wildman–Crippen LogP) is 8.01. The van der Waals surface area contributed by atoms with E-state index < -0.39 is 40.5 Å². The third-order valence-corrected chi connectivity index (χ3v) is 29.4. The van der Waals surface area contributed by atoms with Gasteiger partial charge >= 0.3 is 11.9 Å². The van der Waals surface area contributed by atoms with Crippen LogP contribution >= 0.6 is 23.5 Å². The quantitative estimate of drug-likeness (QED) is 0.0345. The van der Waals surface area contributed by atoms with E-state index >= 15 is 0 Å². The smallest absolute Gasteiger partial charge is 0.333 e. The summed E-state index contributed by atoms with van der Waals surface area (Å²) >= 11 is 3.37. The number of phenols is 2. The molecule has 593 valence electrons. The van der Waals surface area contributed by atoms with E-state index in [1.165, 1.54) is 0 Å². The molecule has 16 heterocycles. The van der Waals surface area contributed by atoms with Crippen molar-refractivity contribution in [3.63, 3.8) is 0 Å². The monoisotopic (exact) mass is 1660 g/mol. The molecule has 0 unspecified atom stereocenters. The second kappa shape index (κ2) is 28.2. The maximum Gasteiger partial charge on any atom is 0.333 e. The van der Waals surface area contributed by atoms with Crippen molar-refractivity contribution < 1.29 is 95.5 Å². The van der Waals surface area contributed by atoms with Crippen LogP contribution in [0.4, 0.5) is 0 Å². The maximum absolute atomic E-state index is 15.0. The summed E-state index contributed by atoms with van der Waals surface area (Å²) in [4.78, 5) is 54.5. The van der Waals surface area contributed by atoms with E-state index in [-0.39, 0.29) is 131 Å². The van der Waals surface area contributed by atoms with Gasteiger partial charge in [-0.25, -0.2) is 9.59 Å². The number of thioether (sulfide) groups is 2. The number of para-hydroxylation sites is 2. The molecule has 14 aliphatic rings. The first-order valence-corrected chi connectivity index (χ1v) is 39.8. The Morgan fingerprint density at radius 2 is 1.03 bits per heavy atom. The molecular weight excluding hydrogens is 1570 g/mol. The minimum atomic E-state index is -1.50. The van der Waals surface area contributed by atoms with E-state index in [2.05, 4.69) is 105 Å². The van der Waals surface area contributed by atoms with Crippen molar-refractivity contribution in [2.75, 3.05) is 79.7 Å². The molecule has 1 radical (unpaired) electrons. The number of piperazine rings is 2. The number of phenolic OH excluding ortho intramolecular Hbond substituents is 2. The van der Waals surface area contributed by atoms with Crippen LogP contribution in [-0.4, -0.2) is 195 Å². The number of carbonyl (C=O) groups excluding carboxylic acids is 2. The second-order valence-electron chi connectivity index (χ2n) is 31.6. The number of aromatic amines is 2. The van der Waals surface area contributed by atoms with Gasteiger partial charge in [-0.15, -0.1) is 33.6 Å². The summed E-state index contributed by atoms with van der Waals surface area (Å²) in [6.07, 6.45) is 1.55. The first-order valence-electron chi connectivity index (χ1n) is 37.7. The fourth-order valence-corrected chi connectivity index (χ4v) is 25.0. The van der Waals surface area contributed by atoms with Crippen molar-refractivity contribution in [1.82, 2.24) is 40.2 Å². The van der Waals surface area contributed by atoms with Gasteiger partial charge in [0.15, 0.2) is 57.1 Å². The van der Waals surface area contributed by atoms with Crippen molar-refractivity contribution >= 4 is 57.3 Å². The number of nitrogens with two attached hydrogens (primary N) is 2. The van der Waals surface area contributed by atoms with Gasteiger partial charge in [0.25, 0.3) is 5.09 Å². The van der Waals surface area contributed by atoms with E-state index in [0.29, 0.717) is 84.8 Å². The number of nitrogens with one attached hydrogen (secondary N) is 4. The van der Waals surface area contributed by atoms with E-state index in [4.69, 9.17) is 64.7 Å². The molecule has 112 heavy (non-hydrogen) atoms. The molecule has 6 aromatic carbocycles. The third kappa shape index (κ3) is 10.8. The van der Waals surface area contributed by atoms with Crippen LogP contribution in [0.2, 0.25) is 0 Å². The van der Waals surface area contributed by atoms with Crippen molar-refractivity contribution in [1.29, 1.82) is 5.26 Å². The van der Waals surface area contributed by atoms with Crippen molar-refractivity contribution in [2.45, 2.75) is 161 Å². The van der Waals surface area contributed by atoms with Crippen LogP contribution in [0.1, 0.15) is 135 Å². The molecule has 12 N–H and O–H groups in total. The van der Waals surface area contributed by atoms with Crippen molar-refractivity contribution in [3.05, 3.63) is 171 Å². The van der Waals surface area contributed by atoms with Crippen LogP contribution in [0.25, 0.3) is 21.8 Å². The molecule has 4 saturated heterocycles. The Kier molecular flexibility index (Phi) is 19.2. The number of aliphatic hydroxyl groups excluding tert-OH is 1. The summed E-state index contributed by atoms with van der Waals surface area (Å²) < 4.78 is 49.5. The zero-order valence-corrected chi connectivity index (χ0v) is 66.6. The topological polar surface area (TPSA) is 376 Å². The van der Waals surface area contributed by atoms with Gasteiger partial charge in [-0.1, -0.05) is 48.5 Å². The van der Waals surface area contributed by atoms with Gasteiger partial charge in [0.05, 0.1) is 61.9 Å². The molecule has 28 nitrogen and oxygen atoms in total. The van der Waals surface area contributed by atoms with Gasteiger partial charge in [0.1, 0.15) is 25.5 Å². The van der Waals surface area contributed by atoms with Gasteiger partial charge in [-0.05, 0) is 160 Å². The van der Waals surface area contributed by atoms with Crippen LogP contribution in [0, 0.1) is 63.0 Å². The molecule has 8 bridgehead atoms. The Balaban J connectivity index is 0.000000154. The number of aryl methyl sites for hydroxylation is 2. The number of aliphatic hydroxyl groups is 1. The number of carbonyl (C=O) groups is 2. The molecule has 0 aliphatic carbocycles. The fourth-order valence-electron chi connectivity index (χ4n) is 21.5. The van der Waals surface area contributed by atoms with Gasteiger partial charge in [0.2, 0.25) is 13.6 Å². The third-order valence-electron chi connectivity index (χ3n) is 26.5. The van der Waals surface area contributed by atoms with E-state index in [9.17, 15) is 30.2 Å². The molecule has 8 aromatic rings. The Hall–Kier alpha value is -8.49. The molecule has 2 spiro atoms. The number of esters is 2. The first kappa shape index (κ1) is 76.2. The van der Waals surface area contributed by atoms with E-state index in [1.54, 1.807) is 37.7 Å². The molecule has 16 atom stereocenters. The second-order valence-corrected chi connectivity index (χ2v) is 33.8. The SMILES string of the molecule is COc1c(C)cc2c(c1O)[C@@H]1[C@@H]3[C@@H]4SC[C@]5(N[C@H](CN)Cc6c5[nH]c5ccccc65)C(=O)OC[C@@H](c5c6c(c(C)c(C)c54)OCO6)N3[C@@H](C#N)[C@H](C2)N1C.COc1c(C)cc2c(c1O)[C@@H]1[C@@H]3[C@@H]4SC[C@]5(N[C@H](CN)Cc6c5[nH]c5ccccc65)C(=O)OC[C@@H](c5c6c(c(C)c(C)c54)OCO6)N3[C@@H](O)[C@H](C2)N1C.O=[N+]([O-])O.[Ag]. The largest absolute Gasteiger partial charge is 0.504 e. The number of methoxy groups -OCH3 is 2. The Labute approximate surface area is 670 Å². The normalized spacial score (nSPS) is 30.1. The Morgan fingerprint density at radius 1 is 0.616 bits per heavy atom. The molecular formula is C81H90AgN12O16S2. The summed E-state index contributed by atoms with van der Waals surface area (Å²) in [5.41, 5.74) is 29.6. The van der Waals surface area contributed by atoms with Gasteiger partial charge in [-0.2, -0.15) is 5.26 Å². The van der Waals surface area contributed by atoms with Crippen LogP contribution in [0.3, 0.4) is 0 Å². The summed E-state index contributed by atoms with van der Waals surface area (Å²) in [5, 5.41) is 70.5. The van der Waals surface area contributed by atoms with Crippen LogP contribution < -0.4 is 50.5 Å². The molecule has 0 saturated carbocycles. The molecule has 4 fully saturated rings. The number of rotatable bonds is 4. The molecule has 22 rings (SSSR count). The molecule has 2 aromatic heterocycles. The summed E-state index contributed by atoms with van der Waals surface area (Å²) in [6, 6.07) is 19.5. The van der Waals surface area contributed by atoms with E-state index in [1.807, 2.05) is 57.3 Å². The Morgan fingerprint density at radius 3 is 1.46 bits per heavy atom.